The molecule has 0 aromatic heterocycles. The number of carbonyl (C=O) groups excluding carboxylic acids is 1. The quantitative estimate of drug-likeness (QED) is 0.509. The molecule has 0 bridgehead atoms. The Morgan fingerprint density at radius 1 is 1.47 bits per heavy atom. The van der Waals surface area contributed by atoms with Gasteiger partial charge in [0.15, 0.2) is 5.60 Å². The number of carbonyl (C=O) groups is 1. The van der Waals surface area contributed by atoms with Gasteiger partial charge >= 0.3 is 5.97 Å². The van der Waals surface area contributed by atoms with Crippen molar-refractivity contribution in [2.24, 2.45) is 5.92 Å². The van der Waals surface area contributed by atoms with E-state index in [2.05, 4.69) is 6.58 Å². The minimum absolute atomic E-state index is 0.240. The van der Waals surface area contributed by atoms with Gasteiger partial charge in [0.2, 0.25) is 0 Å². The Bertz CT molecular complexity index is 540. The van der Waals surface area contributed by atoms with Crippen LogP contribution in [0.5, 0.6) is 0 Å². The molecular weight excluding hydrogens is 244 g/mol. The van der Waals surface area contributed by atoms with Crippen LogP contribution in [0, 0.1) is 5.92 Å². The molecule has 0 aromatic rings. The van der Waals surface area contributed by atoms with Crippen molar-refractivity contribution in [3.05, 3.63) is 35.5 Å². The number of esters is 1. The van der Waals surface area contributed by atoms with Crippen LogP contribution in [0.15, 0.2) is 35.5 Å². The van der Waals surface area contributed by atoms with E-state index in [0.29, 0.717) is 17.6 Å². The number of allylic oxidation sites excluding steroid dienone is 1. The van der Waals surface area contributed by atoms with Crippen molar-refractivity contribution in [2.45, 2.75) is 44.0 Å². The summed E-state index contributed by atoms with van der Waals surface area (Å²) in [6.07, 6.45) is 4.02. The third-order valence-electron chi connectivity index (χ3n) is 4.77. The van der Waals surface area contributed by atoms with E-state index in [9.17, 15) is 15.0 Å². The van der Waals surface area contributed by atoms with Crippen LogP contribution < -0.4 is 0 Å². The molecule has 1 fully saturated rings. The summed E-state index contributed by atoms with van der Waals surface area (Å²) in [5, 5.41) is 21.6. The highest BCUT2D eigenvalue weighted by Gasteiger charge is 2.63. The fourth-order valence-electron chi connectivity index (χ4n) is 3.50. The third-order valence-corrected chi connectivity index (χ3v) is 4.77. The number of fused-ring (bicyclic) bond motifs is 3. The van der Waals surface area contributed by atoms with Crippen molar-refractivity contribution in [1.82, 2.24) is 0 Å². The molecule has 3 aliphatic rings. The van der Waals surface area contributed by atoms with Crippen LogP contribution in [-0.4, -0.2) is 33.5 Å². The molecule has 0 amide bonds. The Balaban J connectivity index is 2.18. The average Bonchev–Trinajstić information content (AvgIpc) is 2.71. The molecule has 2 aliphatic carbocycles. The van der Waals surface area contributed by atoms with Crippen LogP contribution in [0.4, 0.5) is 0 Å². The molecule has 4 nitrogen and oxygen atoms in total. The first-order valence-electron chi connectivity index (χ1n) is 6.53. The molecule has 19 heavy (non-hydrogen) atoms. The van der Waals surface area contributed by atoms with E-state index in [0.717, 1.165) is 12.0 Å². The van der Waals surface area contributed by atoms with Gasteiger partial charge in [-0.05, 0) is 38.3 Å². The molecule has 1 heterocycles. The van der Waals surface area contributed by atoms with Crippen molar-refractivity contribution in [3.8, 4) is 0 Å². The Kier molecular flexibility index (Phi) is 2.38. The second-order valence-corrected chi connectivity index (χ2v) is 5.94. The number of hydrogen-bond donors (Lipinski definition) is 2. The van der Waals surface area contributed by atoms with Crippen molar-refractivity contribution in [1.29, 1.82) is 0 Å². The van der Waals surface area contributed by atoms with E-state index in [1.807, 2.05) is 6.92 Å². The number of hydrogen-bond acceptors (Lipinski definition) is 4. The maximum absolute atomic E-state index is 11.7. The van der Waals surface area contributed by atoms with Gasteiger partial charge in [0.25, 0.3) is 0 Å². The van der Waals surface area contributed by atoms with Crippen LogP contribution in [0.1, 0.15) is 26.7 Å². The van der Waals surface area contributed by atoms with Crippen LogP contribution in [0.2, 0.25) is 0 Å². The van der Waals surface area contributed by atoms with Crippen LogP contribution >= 0.6 is 0 Å². The molecule has 4 unspecified atom stereocenters. The first-order valence-corrected chi connectivity index (χ1v) is 6.53. The van der Waals surface area contributed by atoms with Gasteiger partial charge < -0.3 is 14.9 Å². The first kappa shape index (κ1) is 12.6. The molecule has 0 spiro atoms. The summed E-state index contributed by atoms with van der Waals surface area (Å²) in [4.78, 5) is 11.7. The molecule has 102 valence electrons. The van der Waals surface area contributed by atoms with Gasteiger partial charge in [-0.3, -0.25) is 0 Å². The van der Waals surface area contributed by atoms with E-state index in [4.69, 9.17) is 4.74 Å². The zero-order valence-corrected chi connectivity index (χ0v) is 11.1. The number of ether oxygens (including phenoxy) is 1. The average molecular weight is 262 g/mol. The van der Waals surface area contributed by atoms with E-state index < -0.39 is 23.3 Å². The predicted octanol–water partition coefficient (Wildman–Crippen LogP) is 1.25. The van der Waals surface area contributed by atoms with Gasteiger partial charge in [-0.15, -0.1) is 0 Å². The van der Waals surface area contributed by atoms with Crippen molar-refractivity contribution in [2.75, 3.05) is 0 Å². The fraction of sp³-hybridized carbons (Fsp3) is 0.533. The largest absolute Gasteiger partial charge is 0.455 e. The zero-order valence-electron chi connectivity index (χ0n) is 11.1. The monoisotopic (exact) mass is 262 g/mol. The first-order chi connectivity index (χ1) is 8.79. The lowest BCUT2D eigenvalue weighted by Gasteiger charge is -2.41. The lowest BCUT2D eigenvalue weighted by molar-refractivity contribution is -0.172. The Hall–Kier alpha value is -1.39. The molecule has 1 aliphatic heterocycles. The van der Waals surface area contributed by atoms with Crippen LogP contribution in [0.25, 0.3) is 0 Å². The molecule has 0 saturated carbocycles. The number of aliphatic hydroxyl groups is 2. The zero-order chi connectivity index (χ0) is 14.0. The molecular formula is C15H18O4. The summed E-state index contributed by atoms with van der Waals surface area (Å²) < 4.78 is 5.34. The Morgan fingerprint density at radius 3 is 2.84 bits per heavy atom. The minimum atomic E-state index is -1.58. The van der Waals surface area contributed by atoms with Crippen LogP contribution in [-0.2, 0) is 9.53 Å². The highest BCUT2D eigenvalue weighted by Crippen LogP contribution is 2.51. The van der Waals surface area contributed by atoms with E-state index in [-0.39, 0.29) is 5.92 Å². The van der Waals surface area contributed by atoms with Crippen molar-refractivity contribution < 1.29 is 19.7 Å². The highest BCUT2D eigenvalue weighted by molar-refractivity contribution is 5.91. The SMILES string of the molecule is C=C1C(=O)OC2C1CCC(C)=C1C=CC(C)(O)C12O. The molecule has 0 aromatic carbocycles. The molecule has 3 rings (SSSR count). The Labute approximate surface area is 112 Å². The fourth-order valence-corrected chi connectivity index (χ4v) is 3.50. The summed E-state index contributed by atoms with van der Waals surface area (Å²) in [7, 11) is 0. The highest BCUT2D eigenvalue weighted by atomic mass is 16.6. The molecule has 1 saturated heterocycles. The molecule has 0 radical (unpaired) electrons. The van der Waals surface area contributed by atoms with Crippen molar-refractivity contribution in [3.63, 3.8) is 0 Å². The third kappa shape index (κ3) is 1.38. The standard InChI is InChI=1S/C15H18O4/c1-8-4-5-10-9(2)13(16)19-12(10)15(18)11(8)6-7-14(15,3)17/h6-7,10,12,17-18H,2,4-5H2,1,3H3. The molecule has 2 N–H and O–H groups in total. The molecule has 4 atom stereocenters. The van der Waals surface area contributed by atoms with Crippen LogP contribution in [0.3, 0.4) is 0 Å². The summed E-state index contributed by atoms with van der Waals surface area (Å²) in [6.45, 7) is 7.26. The van der Waals surface area contributed by atoms with Gasteiger partial charge in [0.05, 0.1) is 0 Å². The Morgan fingerprint density at radius 2 is 2.16 bits per heavy atom. The second kappa shape index (κ2) is 3.58. The lowest BCUT2D eigenvalue weighted by atomic mass is 9.74. The predicted molar refractivity (Wildman–Crippen MR) is 69.2 cm³/mol. The minimum Gasteiger partial charge on any atom is -0.455 e. The van der Waals surface area contributed by atoms with E-state index in [1.165, 1.54) is 0 Å². The van der Waals surface area contributed by atoms with Gasteiger partial charge in [-0.2, -0.15) is 0 Å². The molecule has 4 heteroatoms. The van der Waals surface area contributed by atoms with Gasteiger partial charge in [-0.25, -0.2) is 4.79 Å². The van der Waals surface area contributed by atoms with E-state index >= 15 is 0 Å². The second-order valence-electron chi connectivity index (χ2n) is 5.94. The summed E-state index contributed by atoms with van der Waals surface area (Å²) in [5.74, 6) is -0.707. The van der Waals surface area contributed by atoms with Gasteiger partial charge in [0, 0.05) is 11.5 Å². The van der Waals surface area contributed by atoms with Gasteiger partial charge in [0.1, 0.15) is 11.7 Å². The summed E-state index contributed by atoms with van der Waals surface area (Å²) in [5.41, 5.74) is -0.924. The normalized spacial score (nSPS) is 45.1. The van der Waals surface area contributed by atoms with E-state index in [1.54, 1.807) is 19.1 Å². The maximum Gasteiger partial charge on any atom is 0.334 e. The smallest absolute Gasteiger partial charge is 0.334 e. The number of rotatable bonds is 0. The topological polar surface area (TPSA) is 66.8 Å². The lowest BCUT2D eigenvalue weighted by Crippen LogP contribution is -2.58. The summed E-state index contributed by atoms with van der Waals surface area (Å²) >= 11 is 0. The van der Waals surface area contributed by atoms with Crippen molar-refractivity contribution >= 4 is 5.97 Å². The maximum atomic E-state index is 11.7. The van der Waals surface area contributed by atoms with Gasteiger partial charge in [-0.1, -0.05) is 18.2 Å². The summed E-state index contributed by atoms with van der Waals surface area (Å²) in [6, 6.07) is 0.